The molecule has 0 saturated heterocycles. The Morgan fingerprint density at radius 2 is 1.44 bits per heavy atom. The highest BCUT2D eigenvalue weighted by atomic mass is 33.1. The standard InChI is InChI=1S/C21H24NO3S2/c1-20(2)19(16-11-7-5-8-12-16)18(15-27(24,25)26-4)21(3,22(20)23)17-13-9-6-10-14-17/h5-14H,15H2,1-4H3. The molecule has 3 rings (SSSR count). The molecule has 0 spiro atoms. The molecule has 1 heterocycles. The zero-order chi connectivity index (χ0) is 19.9. The fourth-order valence-electron chi connectivity index (χ4n) is 4.03. The Morgan fingerprint density at radius 1 is 0.926 bits per heavy atom. The van der Waals surface area contributed by atoms with Gasteiger partial charge in [0, 0.05) is 0 Å². The smallest absolute Gasteiger partial charge is 0.205 e. The van der Waals surface area contributed by atoms with Crippen LogP contribution < -0.4 is 0 Å². The van der Waals surface area contributed by atoms with Crippen molar-refractivity contribution in [2.75, 3.05) is 12.0 Å². The number of rotatable bonds is 5. The molecule has 0 saturated carbocycles. The second-order valence-corrected chi connectivity index (χ2v) is 11.6. The zero-order valence-electron chi connectivity index (χ0n) is 16.0. The Balaban J connectivity index is 2.35. The second-order valence-electron chi connectivity index (χ2n) is 7.38. The Bertz CT molecular complexity index is 953. The van der Waals surface area contributed by atoms with Gasteiger partial charge in [0.25, 0.3) is 0 Å². The maximum atomic E-state index is 13.6. The monoisotopic (exact) mass is 402 g/mol. The first-order valence-corrected chi connectivity index (χ1v) is 12.1. The van der Waals surface area contributed by atoms with Gasteiger partial charge >= 0.3 is 0 Å². The van der Waals surface area contributed by atoms with Crippen LogP contribution in [0.1, 0.15) is 31.9 Å². The van der Waals surface area contributed by atoms with Gasteiger partial charge in [0.1, 0.15) is 0 Å². The molecule has 1 radical (unpaired) electrons. The molecule has 0 amide bonds. The third-order valence-corrected chi connectivity index (χ3v) is 8.42. The van der Waals surface area contributed by atoms with Crippen LogP contribution in [0.15, 0.2) is 66.2 Å². The van der Waals surface area contributed by atoms with Gasteiger partial charge in [-0.25, -0.2) is 8.42 Å². The van der Waals surface area contributed by atoms with Crippen molar-refractivity contribution < 1.29 is 13.6 Å². The SMILES string of the molecule is CSS(=O)(=O)CC1=C(c2ccccc2)C(C)(C)N([O])C1(C)c1ccccc1. The van der Waals surface area contributed by atoms with Gasteiger partial charge in [-0.15, -0.1) is 10.3 Å². The molecule has 0 bridgehead atoms. The van der Waals surface area contributed by atoms with Gasteiger partial charge in [0.2, 0.25) is 8.87 Å². The van der Waals surface area contributed by atoms with Gasteiger partial charge in [0.05, 0.1) is 16.8 Å². The van der Waals surface area contributed by atoms with E-state index in [1.807, 2.05) is 81.4 Å². The normalized spacial score (nSPS) is 23.0. The van der Waals surface area contributed by atoms with Gasteiger partial charge in [-0.2, -0.15) is 0 Å². The van der Waals surface area contributed by atoms with Crippen molar-refractivity contribution in [2.45, 2.75) is 31.8 Å². The highest BCUT2D eigenvalue weighted by Crippen LogP contribution is 2.54. The summed E-state index contributed by atoms with van der Waals surface area (Å²) in [5, 5.41) is 14.6. The summed E-state index contributed by atoms with van der Waals surface area (Å²) in [6, 6.07) is 19.0. The van der Waals surface area contributed by atoms with E-state index in [-0.39, 0.29) is 5.75 Å². The highest BCUT2D eigenvalue weighted by Gasteiger charge is 2.56. The van der Waals surface area contributed by atoms with Crippen molar-refractivity contribution in [3.63, 3.8) is 0 Å². The predicted molar refractivity (Wildman–Crippen MR) is 111 cm³/mol. The molecule has 4 nitrogen and oxygen atoms in total. The summed E-state index contributed by atoms with van der Waals surface area (Å²) in [5.41, 5.74) is 1.20. The third kappa shape index (κ3) is 3.36. The van der Waals surface area contributed by atoms with Crippen LogP contribution in [-0.2, 0) is 19.6 Å². The first kappa shape index (κ1) is 20.1. The average molecular weight is 403 g/mol. The van der Waals surface area contributed by atoms with Crippen LogP contribution in [0, 0.1) is 0 Å². The van der Waals surface area contributed by atoms with Gasteiger partial charge in [-0.05, 0) is 60.1 Å². The minimum absolute atomic E-state index is 0.161. The molecule has 1 unspecified atom stereocenters. The van der Waals surface area contributed by atoms with E-state index in [4.69, 9.17) is 0 Å². The zero-order valence-corrected chi connectivity index (χ0v) is 17.6. The van der Waals surface area contributed by atoms with Gasteiger partial charge in [0.15, 0.2) is 0 Å². The maximum Gasteiger partial charge on any atom is 0.205 e. The van der Waals surface area contributed by atoms with Crippen molar-refractivity contribution in [1.82, 2.24) is 5.06 Å². The molecule has 0 N–H and O–H groups in total. The Morgan fingerprint density at radius 3 is 1.96 bits per heavy atom. The van der Waals surface area contributed by atoms with E-state index in [0.717, 1.165) is 32.6 Å². The summed E-state index contributed by atoms with van der Waals surface area (Å²) in [6.45, 7) is 5.56. The summed E-state index contributed by atoms with van der Waals surface area (Å²) in [7, 11) is -2.58. The molecule has 2 aromatic carbocycles. The second kappa shape index (κ2) is 7.09. The number of hydrogen-bond acceptors (Lipinski definition) is 4. The molecule has 0 aliphatic carbocycles. The molecule has 0 aromatic heterocycles. The van der Waals surface area contributed by atoms with Crippen molar-refractivity contribution in [1.29, 1.82) is 0 Å². The lowest BCUT2D eigenvalue weighted by Gasteiger charge is -2.38. The molecular formula is C21H24NO3S2. The van der Waals surface area contributed by atoms with Crippen LogP contribution in [0.25, 0.3) is 5.57 Å². The Hall–Kier alpha value is -1.60. The Kier molecular flexibility index (Phi) is 5.29. The summed E-state index contributed by atoms with van der Waals surface area (Å²) >= 11 is 0. The fourth-order valence-corrected chi connectivity index (χ4v) is 5.63. The summed E-state index contributed by atoms with van der Waals surface area (Å²) in [6.07, 6.45) is 1.56. The first-order valence-electron chi connectivity index (χ1n) is 8.75. The van der Waals surface area contributed by atoms with E-state index in [1.54, 1.807) is 6.26 Å². The van der Waals surface area contributed by atoms with Gasteiger partial charge in [-0.3, -0.25) is 0 Å². The quantitative estimate of drug-likeness (QED) is 0.692. The van der Waals surface area contributed by atoms with Crippen molar-refractivity contribution in [3.05, 3.63) is 77.4 Å². The third-order valence-electron chi connectivity index (χ3n) is 5.39. The predicted octanol–water partition coefficient (Wildman–Crippen LogP) is 4.49. The van der Waals surface area contributed by atoms with Gasteiger partial charge in [-0.1, -0.05) is 60.7 Å². The summed E-state index contributed by atoms with van der Waals surface area (Å²) in [4.78, 5) is 0. The van der Waals surface area contributed by atoms with Crippen LogP contribution in [-0.4, -0.2) is 31.0 Å². The van der Waals surface area contributed by atoms with Crippen molar-refractivity contribution in [2.24, 2.45) is 0 Å². The van der Waals surface area contributed by atoms with E-state index in [1.165, 1.54) is 0 Å². The highest BCUT2D eigenvalue weighted by molar-refractivity contribution is 8.71. The largest absolute Gasteiger partial charge is 0.217 e. The van der Waals surface area contributed by atoms with E-state index < -0.39 is 19.9 Å². The molecule has 1 aliphatic rings. The topological polar surface area (TPSA) is 57.3 Å². The first-order chi connectivity index (χ1) is 12.6. The van der Waals surface area contributed by atoms with Crippen LogP contribution in [0.3, 0.4) is 0 Å². The molecular weight excluding hydrogens is 378 g/mol. The van der Waals surface area contributed by atoms with E-state index >= 15 is 0 Å². The number of hydrogen-bond donors (Lipinski definition) is 0. The number of hydroxylamine groups is 2. The molecule has 143 valence electrons. The minimum atomic E-state index is -3.40. The Labute approximate surface area is 165 Å². The number of nitrogens with zero attached hydrogens (tertiary/aromatic N) is 1. The van der Waals surface area contributed by atoms with Crippen molar-refractivity contribution in [3.8, 4) is 0 Å². The lowest BCUT2D eigenvalue weighted by atomic mass is 9.83. The summed E-state index contributed by atoms with van der Waals surface area (Å²) < 4.78 is 25.2. The fraction of sp³-hybridized carbons (Fsp3) is 0.333. The van der Waals surface area contributed by atoms with E-state index in [0.29, 0.717) is 5.57 Å². The van der Waals surface area contributed by atoms with Crippen LogP contribution in [0.4, 0.5) is 0 Å². The van der Waals surface area contributed by atoms with Gasteiger partial charge < -0.3 is 0 Å². The molecule has 0 fully saturated rings. The van der Waals surface area contributed by atoms with Crippen molar-refractivity contribution >= 4 is 25.2 Å². The molecule has 1 aliphatic heterocycles. The average Bonchev–Trinajstić information content (AvgIpc) is 2.81. The van der Waals surface area contributed by atoms with Crippen LogP contribution in [0.5, 0.6) is 0 Å². The molecule has 2 aromatic rings. The van der Waals surface area contributed by atoms with Crippen LogP contribution >= 0.6 is 10.8 Å². The number of benzene rings is 2. The molecule has 6 heteroatoms. The summed E-state index contributed by atoms with van der Waals surface area (Å²) in [5.74, 6) is -0.161. The van der Waals surface area contributed by atoms with Crippen LogP contribution in [0.2, 0.25) is 0 Å². The molecule has 27 heavy (non-hydrogen) atoms. The lowest BCUT2D eigenvalue weighted by molar-refractivity contribution is -0.244. The lowest BCUT2D eigenvalue weighted by Crippen LogP contribution is -2.47. The molecule has 1 atom stereocenters. The van der Waals surface area contributed by atoms with E-state index in [9.17, 15) is 13.6 Å². The minimum Gasteiger partial charge on any atom is -0.217 e. The maximum absolute atomic E-state index is 13.6. The van der Waals surface area contributed by atoms with E-state index in [2.05, 4.69) is 0 Å².